The number of aromatic amines is 1. The van der Waals surface area contributed by atoms with Crippen LogP contribution in [0.1, 0.15) is 15.9 Å². The largest absolute Gasteiger partial charge is 0.482 e. The van der Waals surface area contributed by atoms with E-state index in [4.69, 9.17) is 9.47 Å². The molecule has 22 heavy (non-hydrogen) atoms. The van der Waals surface area contributed by atoms with Crippen LogP contribution in [-0.2, 0) is 4.74 Å². The zero-order valence-electron chi connectivity index (χ0n) is 12.0. The molecule has 3 rings (SSSR count). The van der Waals surface area contributed by atoms with Gasteiger partial charge in [0.05, 0.1) is 37.2 Å². The van der Waals surface area contributed by atoms with Gasteiger partial charge in [-0.05, 0) is 24.6 Å². The summed E-state index contributed by atoms with van der Waals surface area (Å²) in [5, 5.41) is 9.19. The van der Waals surface area contributed by atoms with E-state index in [2.05, 4.69) is 15.5 Å². The van der Waals surface area contributed by atoms with Gasteiger partial charge >= 0.3 is 0 Å². The summed E-state index contributed by atoms with van der Waals surface area (Å²) in [6.07, 6.45) is 2.81. The van der Waals surface area contributed by atoms with Crippen LogP contribution in [0.15, 0.2) is 30.6 Å². The first-order valence-corrected chi connectivity index (χ1v) is 6.93. The lowest BCUT2D eigenvalue weighted by atomic mass is 10.1. The van der Waals surface area contributed by atoms with E-state index >= 15 is 0 Å². The summed E-state index contributed by atoms with van der Waals surface area (Å²) in [4.78, 5) is 12.2. The van der Waals surface area contributed by atoms with Crippen molar-refractivity contribution in [2.45, 2.75) is 19.1 Å². The average Bonchev–Trinajstić information content (AvgIpc) is 3.12. The second-order valence-electron chi connectivity index (χ2n) is 5.19. The fraction of sp³-hybridized carbons (Fsp3) is 0.333. The van der Waals surface area contributed by atoms with Crippen LogP contribution in [0.5, 0.6) is 5.75 Å². The van der Waals surface area contributed by atoms with E-state index in [0.717, 1.165) is 5.56 Å². The van der Waals surface area contributed by atoms with Gasteiger partial charge in [-0.25, -0.2) is 4.39 Å². The molecule has 1 aliphatic heterocycles. The zero-order valence-corrected chi connectivity index (χ0v) is 12.0. The number of hydrogen-bond donors (Lipinski definition) is 2. The van der Waals surface area contributed by atoms with E-state index < -0.39 is 11.7 Å². The number of nitrogens with zero attached hydrogens (tertiary/aromatic N) is 1. The second kappa shape index (κ2) is 6.15. The number of aryl methyl sites for hydroxylation is 1. The first-order chi connectivity index (χ1) is 10.6. The van der Waals surface area contributed by atoms with E-state index in [9.17, 15) is 9.18 Å². The van der Waals surface area contributed by atoms with E-state index in [-0.39, 0.29) is 17.7 Å². The van der Waals surface area contributed by atoms with Gasteiger partial charge in [0, 0.05) is 0 Å². The number of aromatic nitrogens is 2. The molecule has 1 aromatic carbocycles. The smallest absolute Gasteiger partial charge is 0.254 e. The highest BCUT2D eigenvalue weighted by Gasteiger charge is 2.32. The number of amides is 1. The van der Waals surface area contributed by atoms with Crippen molar-refractivity contribution < 1.29 is 18.7 Å². The molecule has 0 saturated carbocycles. The van der Waals surface area contributed by atoms with Crippen LogP contribution in [-0.4, -0.2) is 41.5 Å². The van der Waals surface area contributed by atoms with Gasteiger partial charge in [-0.2, -0.15) is 5.10 Å². The molecule has 0 spiro atoms. The molecule has 0 aliphatic carbocycles. The number of hydrogen-bond acceptors (Lipinski definition) is 4. The van der Waals surface area contributed by atoms with Gasteiger partial charge in [0.2, 0.25) is 0 Å². The van der Waals surface area contributed by atoms with Crippen molar-refractivity contribution in [3.63, 3.8) is 0 Å². The van der Waals surface area contributed by atoms with Crippen LogP contribution in [0.2, 0.25) is 0 Å². The van der Waals surface area contributed by atoms with Crippen molar-refractivity contribution in [3.05, 3.63) is 47.5 Å². The Kier molecular flexibility index (Phi) is 4.06. The van der Waals surface area contributed by atoms with Gasteiger partial charge in [0.1, 0.15) is 11.9 Å². The van der Waals surface area contributed by atoms with Crippen LogP contribution in [0.3, 0.4) is 0 Å². The second-order valence-corrected chi connectivity index (χ2v) is 5.19. The highest BCUT2D eigenvalue weighted by Crippen LogP contribution is 2.16. The molecule has 0 radical (unpaired) electrons. The minimum Gasteiger partial charge on any atom is -0.482 e. The number of ether oxygens (including phenoxy) is 2. The topological polar surface area (TPSA) is 76.2 Å². The molecule has 1 aromatic heterocycles. The highest BCUT2D eigenvalue weighted by molar-refractivity contribution is 5.94. The van der Waals surface area contributed by atoms with Crippen LogP contribution >= 0.6 is 0 Å². The molecular weight excluding hydrogens is 289 g/mol. The minimum atomic E-state index is -0.538. The van der Waals surface area contributed by atoms with Crippen molar-refractivity contribution >= 4 is 5.91 Å². The van der Waals surface area contributed by atoms with Crippen molar-refractivity contribution in [1.29, 1.82) is 0 Å². The molecule has 1 aliphatic rings. The van der Waals surface area contributed by atoms with Crippen molar-refractivity contribution in [2.75, 3.05) is 13.2 Å². The third-order valence-corrected chi connectivity index (χ3v) is 3.47. The zero-order chi connectivity index (χ0) is 15.5. The van der Waals surface area contributed by atoms with E-state index in [0.29, 0.717) is 19.0 Å². The summed E-state index contributed by atoms with van der Waals surface area (Å²) in [7, 11) is 0. The van der Waals surface area contributed by atoms with Gasteiger partial charge in [0.25, 0.3) is 5.91 Å². The number of carbonyl (C=O) groups excluding carboxylic acids is 1. The van der Waals surface area contributed by atoms with Gasteiger partial charge in [-0.15, -0.1) is 0 Å². The predicted octanol–water partition coefficient (Wildman–Crippen LogP) is 1.43. The summed E-state index contributed by atoms with van der Waals surface area (Å²) < 4.78 is 24.9. The molecule has 2 atom stereocenters. The molecule has 2 aromatic rings. The highest BCUT2D eigenvalue weighted by atomic mass is 19.1. The molecule has 6 nitrogen and oxygen atoms in total. The monoisotopic (exact) mass is 305 g/mol. The van der Waals surface area contributed by atoms with E-state index in [1.165, 1.54) is 18.3 Å². The number of halogens is 1. The molecule has 0 unspecified atom stereocenters. The Bertz CT molecular complexity index is 660. The predicted molar refractivity (Wildman–Crippen MR) is 76.2 cm³/mol. The summed E-state index contributed by atoms with van der Waals surface area (Å²) >= 11 is 0. The van der Waals surface area contributed by atoms with E-state index in [1.807, 2.05) is 0 Å². The molecule has 116 valence electrons. The minimum absolute atomic E-state index is 0.0135. The molecule has 7 heteroatoms. The maximum absolute atomic E-state index is 13.8. The maximum atomic E-state index is 13.8. The summed E-state index contributed by atoms with van der Waals surface area (Å²) in [6, 6.07) is 4.16. The Labute approximate surface area is 126 Å². The summed E-state index contributed by atoms with van der Waals surface area (Å²) in [6.45, 7) is 2.44. The molecule has 2 N–H and O–H groups in total. The molecule has 0 bridgehead atoms. The lowest BCUT2D eigenvalue weighted by molar-refractivity contribution is 0.0900. The number of carbonyl (C=O) groups is 1. The Hall–Kier alpha value is -2.41. The Morgan fingerprint density at radius 3 is 3.09 bits per heavy atom. The van der Waals surface area contributed by atoms with Crippen LogP contribution in [0.25, 0.3) is 0 Å². The third-order valence-electron chi connectivity index (χ3n) is 3.47. The van der Waals surface area contributed by atoms with E-state index in [1.54, 1.807) is 19.2 Å². The molecular formula is C15H16FN3O3. The Morgan fingerprint density at radius 1 is 1.50 bits per heavy atom. The van der Waals surface area contributed by atoms with Crippen molar-refractivity contribution in [1.82, 2.24) is 15.5 Å². The van der Waals surface area contributed by atoms with Gasteiger partial charge in [-0.1, -0.05) is 6.07 Å². The normalized spacial score (nSPS) is 20.8. The molecule has 1 fully saturated rings. The Morgan fingerprint density at radius 2 is 2.36 bits per heavy atom. The standard InChI is InChI=1S/C15H16FN3O3/c1-9-2-3-11(12(16)4-9)15(20)19-13-7-21-8-14(13)22-10-5-17-18-6-10/h2-6,13-14H,7-8H2,1H3,(H,17,18)(H,19,20)/t13-,14+/m0/s1. The number of rotatable bonds is 4. The average molecular weight is 305 g/mol. The van der Waals surface area contributed by atoms with Crippen molar-refractivity contribution in [3.8, 4) is 5.75 Å². The first kappa shape index (κ1) is 14.5. The number of H-pyrrole nitrogens is 1. The van der Waals surface area contributed by atoms with Gasteiger partial charge in [-0.3, -0.25) is 9.89 Å². The fourth-order valence-corrected chi connectivity index (χ4v) is 2.31. The first-order valence-electron chi connectivity index (χ1n) is 6.93. The molecule has 2 heterocycles. The SMILES string of the molecule is Cc1ccc(C(=O)N[C@H]2COC[C@H]2Oc2cn[nH]c2)c(F)c1. The summed E-state index contributed by atoms with van der Waals surface area (Å²) in [5.41, 5.74) is 0.777. The lowest BCUT2D eigenvalue weighted by Gasteiger charge is -2.19. The molecule has 1 saturated heterocycles. The maximum Gasteiger partial charge on any atom is 0.254 e. The van der Waals surface area contributed by atoms with Crippen LogP contribution in [0, 0.1) is 12.7 Å². The van der Waals surface area contributed by atoms with Gasteiger partial charge < -0.3 is 14.8 Å². The van der Waals surface area contributed by atoms with Crippen LogP contribution in [0.4, 0.5) is 4.39 Å². The quantitative estimate of drug-likeness (QED) is 0.896. The van der Waals surface area contributed by atoms with Crippen LogP contribution < -0.4 is 10.1 Å². The Balaban J connectivity index is 1.67. The summed E-state index contributed by atoms with van der Waals surface area (Å²) in [5.74, 6) is -0.450. The fourth-order valence-electron chi connectivity index (χ4n) is 2.31. The third kappa shape index (κ3) is 3.09. The number of benzene rings is 1. The lowest BCUT2D eigenvalue weighted by Crippen LogP contribution is -2.45. The van der Waals surface area contributed by atoms with Gasteiger partial charge in [0.15, 0.2) is 5.75 Å². The molecule has 1 amide bonds. The van der Waals surface area contributed by atoms with Crippen molar-refractivity contribution in [2.24, 2.45) is 0 Å². The number of nitrogens with one attached hydrogen (secondary N) is 2.